The van der Waals surface area contributed by atoms with Crippen LogP contribution < -0.4 is 5.32 Å². The number of hydrogen-bond acceptors (Lipinski definition) is 4. The molecule has 2 aromatic rings. The van der Waals surface area contributed by atoms with Gasteiger partial charge in [-0.25, -0.2) is 0 Å². The molecule has 3 rings (SSSR count). The molecule has 138 valence electrons. The van der Waals surface area contributed by atoms with E-state index in [2.05, 4.69) is 10.2 Å². The van der Waals surface area contributed by atoms with E-state index in [1.54, 1.807) is 13.0 Å². The van der Waals surface area contributed by atoms with E-state index in [0.717, 1.165) is 16.8 Å². The van der Waals surface area contributed by atoms with Crippen LogP contribution in [0.3, 0.4) is 0 Å². The summed E-state index contributed by atoms with van der Waals surface area (Å²) in [6.07, 6.45) is 1.54. The van der Waals surface area contributed by atoms with Crippen molar-refractivity contribution in [1.29, 1.82) is 0 Å². The van der Waals surface area contributed by atoms with Crippen LogP contribution in [0.2, 0.25) is 0 Å². The van der Waals surface area contributed by atoms with Gasteiger partial charge in [0.1, 0.15) is 5.76 Å². The molecule has 1 saturated heterocycles. The van der Waals surface area contributed by atoms with Gasteiger partial charge in [0, 0.05) is 31.9 Å². The first-order valence-electron chi connectivity index (χ1n) is 8.87. The van der Waals surface area contributed by atoms with Crippen LogP contribution in [-0.4, -0.2) is 54.3 Å². The smallest absolute Gasteiger partial charge is 0.257 e. The third-order valence-electron chi connectivity index (χ3n) is 4.99. The van der Waals surface area contributed by atoms with Gasteiger partial charge >= 0.3 is 0 Å². The number of piperazine rings is 1. The molecule has 2 heterocycles. The molecule has 1 aromatic carbocycles. The highest BCUT2D eigenvalue weighted by atomic mass is 16.3. The topological polar surface area (TPSA) is 65.8 Å². The maximum atomic E-state index is 12.5. The Labute approximate surface area is 153 Å². The summed E-state index contributed by atoms with van der Waals surface area (Å²) >= 11 is 0. The molecule has 1 N–H and O–H groups in total. The maximum absolute atomic E-state index is 12.5. The van der Waals surface area contributed by atoms with E-state index >= 15 is 0 Å². The molecule has 0 saturated carbocycles. The van der Waals surface area contributed by atoms with Crippen LogP contribution in [0.1, 0.15) is 27.2 Å². The number of hydrogen-bond donors (Lipinski definition) is 1. The molecular formula is C20H25N3O3. The zero-order valence-corrected chi connectivity index (χ0v) is 15.5. The second-order valence-corrected chi connectivity index (χ2v) is 6.75. The highest BCUT2D eigenvalue weighted by molar-refractivity contribution is 5.95. The Bertz CT molecular complexity index is 804. The Hall–Kier alpha value is -2.60. The minimum absolute atomic E-state index is 0.00395. The fourth-order valence-electron chi connectivity index (χ4n) is 3.17. The van der Waals surface area contributed by atoms with Crippen molar-refractivity contribution < 1.29 is 14.0 Å². The van der Waals surface area contributed by atoms with Crippen LogP contribution in [-0.2, 0) is 4.79 Å². The monoisotopic (exact) mass is 355 g/mol. The van der Waals surface area contributed by atoms with Gasteiger partial charge in [-0.2, -0.15) is 0 Å². The summed E-state index contributed by atoms with van der Waals surface area (Å²) in [5.74, 6) is 0.616. The molecular weight excluding hydrogens is 330 g/mol. The van der Waals surface area contributed by atoms with E-state index in [-0.39, 0.29) is 11.8 Å². The molecule has 1 aliphatic heterocycles. The fourth-order valence-corrected chi connectivity index (χ4v) is 3.17. The van der Waals surface area contributed by atoms with Gasteiger partial charge in [-0.1, -0.05) is 12.1 Å². The van der Waals surface area contributed by atoms with Crippen LogP contribution >= 0.6 is 0 Å². The lowest BCUT2D eigenvalue weighted by atomic mass is 10.1. The minimum atomic E-state index is -0.0239. The molecule has 0 radical (unpaired) electrons. The van der Waals surface area contributed by atoms with Gasteiger partial charge in [-0.05, 0) is 44.0 Å². The lowest BCUT2D eigenvalue weighted by molar-refractivity contribution is -0.117. The zero-order valence-electron chi connectivity index (χ0n) is 15.5. The average Bonchev–Trinajstić information content (AvgIpc) is 3.05. The van der Waals surface area contributed by atoms with Crippen molar-refractivity contribution in [3.05, 3.63) is 53.0 Å². The SMILES string of the molecule is Cc1cccc(NC(=O)CN2CCN(C(=O)c3ccoc3C)CC2)c1C. The third-order valence-corrected chi connectivity index (χ3v) is 4.99. The summed E-state index contributed by atoms with van der Waals surface area (Å²) in [7, 11) is 0. The van der Waals surface area contributed by atoms with Gasteiger partial charge in [-0.3, -0.25) is 14.5 Å². The van der Waals surface area contributed by atoms with Crippen LogP contribution in [0.25, 0.3) is 0 Å². The van der Waals surface area contributed by atoms with Gasteiger partial charge in [-0.15, -0.1) is 0 Å². The van der Waals surface area contributed by atoms with Crippen molar-refractivity contribution in [2.24, 2.45) is 0 Å². The number of furan rings is 1. The first-order chi connectivity index (χ1) is 12.5. The van der Waals surface area contributed by atoms with Crippen LogP contribution in [0.5, 0.6) is 0 Å². The zero-order chi connectivity index (χ0) is 18.7. The summed E-state index contributed by atoms with van der Waals surface area (Å²) in [5, 5.41) is 2.99. The van der Waals surface area contributed by atoms with Crippen molar-refractivity contribution >= 4 is 17.5 Å². The Kier molecular flexibility index (Phi) is 5.42. The average molecular weight is 355 g/mol. The molecule has 0 atom stereocenters. The van der Waals surface area contributed by atoms with Gasteiger partial charge in [0.2, 0.25) is 5.91 Å². The summed E-state index contributed by atoms with van der Waals surface area (Å²) in [6, 6.07) is 7.61. The van der Waals surface area contributed by atoms with E-state index in [1.165, 1.54) is 6.26 Å². The first kappa shape index (κ1) is 18.2. The third kappa shape index (κ3) is 3.96. The lowest BCUT2D eigenvalue weighted by Gasteiger charge is -2.34. The molecule has 0 aliphatic carbocycles. The summed E-state index contributed by atoms with van der Waals surface area (Å²) in [5.41, 5.74) is 3.72. The van der Waals surface area contributed by atoms with Gasteiger partial charge in [0.15, 0.2) is 0 Å². The predicted octanol–water partition coefficient (Wildman–Crippen LogP) is 2.60. The predicted molar refractivity (Wildman–Crippen MR) is 100 cm³/mol. The number of anilines is 1. The number of nitrogens with one attached hydrogen (secondary N) is 1. The van der Waals surface area contributed by atoms with E-state index in [0.29, 0.717) is 44.0 Å². The highest BCUT2D eigenvalue weighted by Crippen LogP contribution is 2.18. The van der Waals surface area contributed by atoms with Crippen LogP contribution in [0.4, 0.5) is 5.69 Å². The molecule has 1 aromatic heterocycles. The van der Waals surface area contributed by atoms with Crippen molar-refractivity contribution in [3.8, 4) is 0 Å². The first-order valence-corrected chi connectivity index (χ1v) is 8.87. The Morgan fingerprint density at radius 2 is 1.81 bits per heavy atom. The number of carbonyl (C=O) groups is 2. The van der Waals surface area contributed by atoms with E-state index in [1.807, 2.05) is 36.9 Å². The van der Waals surface area contributed by atoms with Crippen molar-refractivity contribution in [2.75, 3.05) is 38.0 Å². The summed E-state index contributed by atoms with van der Waals surface area (Å²) in [6.45, 7) is 8.75. The van der Waals surface area contributed by atoms with Gasteiger partial charge in [0.25, 0.3) is 5.91 Å². The number of benzene rings is 1. The molecule has 0 unspecified atom stereocenters. The van der Waals surface area contributed by atoms with Crippen LogP contribution in [0.15, 0.2) is 34.9 Å². The Balaban J connectivity index is 1.51. The van der Waals surface area contributed by atoms with Gasteiger partial charge < -0.3 is 14.6 Å². The maximum Gasteiger partial charge on any atom is 0.257 e. The molecule has 0 bridgehead atoms. The number of aryl methyl sites for hydroxylation is 2. The second kappa shape index (κ2) is 7.74. The quantitative estimate of drug-likeness (QED) is 0.916. The molecule has 6 heteroatoms. The van der Waals surface area contributed by atoms with Crippen molar-refractivity contribution in [2.45, 2.75) is 20.8 Å². The molecule has 6 nitrogen and oxygen atoms in total. The number of amides is 2. The Morgan fingerprint density at radius 1 is 1.08 bits per heavy atom. The Morgan fingerprint density at radius 3 is 2.46 bits per heavy atom. The largest absolute Gasteiger partial charge is 0.469 e. The number of rotatable bonds is 4. The number of nitrogens with zero attached hydrogens (tertiary/aromatic N) is 2. The molecule has 1 aliphatic rings. The number of carbonyl (C=O) groups excluding carboxylic acids is 2. The highest BCUT2D eigenvalue weighted by Gasteiger charge is 2.25. The normalized spacial score (nSPS) is 15.1. The van der Waals surface area contributed by atoms with Crippen LogP contribution in [0, 0.1) is 20.8 Å². The van der Waals surface area contributed by atoms with Crippen molar-refractivity contribution in [3.63, 3.8) is 0 Å². The fraction of sp³-hybridized carbons (Fsp3) is 0.400. The van der Waals surface area contributed by atoms with E-state index in [9.17, 15) is 9.59 Å². The summed E-state index contributed by atoms with van der Waals surface area (Å²) < 4.78 is 5.21. The summed E-state index contributed by atoms with van der Waals surface area (Å²) in [4.78, 5) is 28.7. The van der Waals surface area contributed by atoms with Crippen molar-refractivity contribution in [1.82, 2.24) is 9.80 Å². The molecule has 0 spiro atoms. The second-order valence-electron chi connectivity index (χ2n) is 6.75. The van der Waals surface area contributed by atoms with E-state index in [4.69, 9.17) is 4.42 Å². The van der Waals surface area contributed by atoms with Gasteiger partial charge in [0.05, 0.1) is 18.4 Å². The standard InChI is InChI=1S/C20H25N3O3/c1-14-5-4-6-18(15(14)2)21-19(24)13-22-8-10-23(11-9-22)20(25)17-7-12-26-16(17)3/h4-7,12H,8-11,13H2,1-3H3,(H,21,24). The lowest BCUT2D eigenvalue weighted by Crippen LogP contribution is -2.50. The molecule has 26 heavy (non-hydrogen) atoms. The minimum Gasteiger partial charge on any atom is -0.469 e. The molecule has 1 fully saturated rings. The molecule has 2 amide bonds. The van der Waals surface area contributed by atoms with E-state index < -0.39 is 0 Å².